The molecule has 2 saturated heterocycles. The van der Waals surface area contributed by atoms with Gasteiger partial charge in [-0.1, -0.05) is 15.9 Å². The molecule has 25 heavy (non-hydrogen) atoms. The Kier molecular flexibility index (Phi) is 5.77. The quantitative estimate of drug-likeness (QED) is 0.717. The van der Waals surface area contributed by atoms with E-state index in [0.29, 0.717) is 42.5 Å². The lowest BCUT2D eigenvalue weighted by atomic mass is 10.2. The number of ether oxygens (including phenoxy) is 2. The van der Waals surface area contributed by atoms with E-state index >= 15 is 0 Å². The number of carbonyl (C=O) groups excluding carboxylic acids is 2. The first-order valence-electron chi connectivity index (χ1n) is 7.60. The van der Waals surface area contributed by atoms with Gasteiger partial charge in [0, 0.05) is 23.1 Å². The van der Waals surface area contributed by atoms with Gasteiger partial charge in [-0.05, 0) is 36.0 Å². The van der Waals surface area contributed by atoms with E-state index in [4.69, 9.17) is 14.9 Å². The van der Waals surface area contributed by atoms with Crippen molar-refractivity contribution in [3.63, 3.8) is 0 Å². The van der Waals surface area contributed by atoms with Crippen LogP contribution < -0.4 is 10.1 Å². The van der Waals surface area contributed by atoms with Gasteiger partial charge in [-0.2, -0.15) is 0 Å². The first-order valence-corrected chi connectivity index (χ1v) is 9.21. The molecule has 1 aromatic rings. The van der Waals surface area contributed by atoms with Gasteiger partial charge in [0.1, 0.15) is 5.75 Å². The molecular formula is C16H16BrN3O4S. The molecule has 0 aliphatic carbocycles. The molecule has 2 fully saturated rings. The van der Waals surface area contributed by atoms with Crippen molar-refractivity contribution in [1.82, 2.24) is 10.2 Å². The minimum Gasteiger partial charge on any atom is -0.483 e. The molecule has 0 atom stereocenters. The van der Waals surface area contributed by atoms with E-state index in [1.807, 2.05) is 0 Å². The molecule has 3 rings (SSSR count). The van der Waals surface area contributed by atoms with Crippen LogP contribution in [-0.4, -0.2) is 54.8 Å². The van der Waals surface area contributed by atoms with E-state index in [1.165, 1.54) is 0 Å². The van der Waals surface area contributed by atoms with Crippen molar-refractivity contribution in [3.05, 3.63) is 33.1 Å². The van der Waals surface area contributed by atoms with Crippen LogP contribution in [0.5, 0.6) is 5.75 Å². The van der Waals surface area contributed by atoms with Crippen LogP contribution in [0.2, 0.25) is 0 Å². The Hall–Kier alpha value is -1.84. The molecule has 0 bridgehead atoms. The fourth-order valence-corrected chi connectivity index (χ4v) is 3.46. The molecule has 9 heteroatoms. The predicted octanol–water partition coefficient (Wildman–Crippen LogP) is 1.83. The smallest absolute Gasteiger partial charge is 0.264 e. The number of morpholine rings is 1. The average Bonchev–Trinajstić information content (AvgIpc) is 2.92. The minimum absolute atomic E-state index is 0.0764. The van der Waals surface area contributed by atoms with Crippen LogP contribution in [-0.2, 0) is 14.3 Å². The Morgan fingerprint density at radius 1 is 1.44 bits per heavy atom. The first-order chi connectivity index (χ1) is 12.0. The summed E-state index contributed by atoms with van der Waals surface area (Å²) in [7, 11) is 0. The normalized spacial score (nSPS) is 19.2. The van der Waals surface area contributed by atoms with Crippen LogP contribution in [0.15, 0.2) is 27.6 Å². The number of hydrogen-bond acceptors (Lipinski definition) is 6. The molecule has 132 valence electrons. The van der Waals surface area contributed by atoms with Crippen molar-refractivity contribution in [2.75, 3.05) is 32.9 Å². The fourth-order valence-electron chi connectivity index (χ4n) is 2.39. The highest BCUT2D eigenvalue weighted by atomic mass is 79.9. The third-order valence-electron chi connectivity index (χ3n) is 3.64. The number of nitrogens with one attached hydrogen (secondary N) is 2. The molecule has 2 amide bonds. The summed E-state index contributed by atoms with van der Waals surface area (Å²) in [5.41, 5.74) is 0.663. The molecule has 2 heterocycles. The monoisotopic (exact) mass is 425 g/mol. The first kappa shape index (κ1) is 18.0. The average molecular weight is 426 g/mol. The summed E-state index contributed by atoms with van der Waals surface area (Å²) >= 11 is 4.45. The van der Waals surface area contributed by atoms with Crippen molar-refractivity contribution in [2.24, 2.45) is 0 Å². The van der Waals surface area contributed by atoms with Crippen molar-refractivity contribution in [2.45, 2.75) is 0 Å². The molecule has 0 saturated carbocycles. The van der Waals surface area contributed by atoms with Gasteiger partial charge in [0.2, 0.25) is 0 Å². The van der Waals surface area contributed by atoms with Crippen molar-refractivity contribution in [3.8, 4) is 5.75 Å². The number of amidine groups is 1. The third-order valence-corrected chi connectivity index (χ3v) is 4.96. The highest BCUT2D eigenvalue weighted by Gasteiger charge is 2.23. The van der Waals surface area contributed by atoms with Gasteiger partial charge in [0.25, 0.3) is 11.8 Å². The van der Waals surface area contributed by atoms with E-state index in [1.54, 1.807) is 29.2 Å². The molecule has 0 aromatic heterocycles. The standard InChI is InChI=1S/C16H16BrN3O4S/c17-11-1-2-12(24-9-14(21)20-3-5-23-6-4-20)10(7-11)8-13-15(22)19-16(18)25-13/h1-2,7-8H,3-6,9H2,(H2,18,19,22)/b13-8-. The maximum absolute atomic E-state index is 12.2. The van der Waals surface area contributed by atoms with Crippen LogP contribution in [0, 0.1) is 5.41 Å². The summed E-state index contributed by atoms with van der Waals surface area (Å²) in [4.78, 5) is 26.1. The van der Waals surface area contributed by atoms with E-state index in [0.717, 1.165) is 16.2 Å². The second-order valence-electron chi connectivity index (χ2n) is 5.36. The van der Waals surface area contributed by atoms with Gasteiger partial charge < -0.3 is 19.7 Å². The van der Waals surface area contributed by atoms with Gasteiger partial charge in [0.15, 0.2) is 11.8 Å². The van der Waals surface area contributed by atoms with Crippen molar-refractivity contribution < 1.29 is 19.1 Å². The lowest BCUT2D eigenvalue weighted by Crippen LogP contribution is -2.43. The number of benzene rings is 1. The largest absolute Gasteiger partial charge is 0.483 e. The topological polar surface area (TPSA) is 91.7 Å². The molecule has 2 aliphatic heterocycles. The Morgan fingerprint density at radius 3 is 2.88 bits per heavy atom. The Balaban J connectivity index is 1.73. The van der Waals surface area contributed by atoms with Crippen LogP contribution in [0.25, 0.3) is 6.08 Å². The van der Waals surface area contributed by atoms with Crippen molar-refractivity contribution in [1.29, 1.82) is 5.41 Å². The van der Waals surface area contributed by atoms with Gasteiger partial charge in [-0.25, -0.2) is 0 Å². The number of nitrogens with zero attached hydrogens (tertiary/aromatic N) is 1. The maximum Gasteiger partial charge on any atom is 0.264 e. The highest BCUT2D eigenvalue weighted by Crippen LogP contribution is 2.30. The molecule has 0 unspecified atom stereocenters. The number of hydrogen-bond donors (Lipinski definition) is 2. The number of amides is 2. The van der Waals surface area contributed by atoms with Crippen LogP contribution in [0.3, 0.4) is 0 Å². The van der Waals surface area contributed by atoms with Crippen molar-refractivity contribution >= 4 is 50.7 Å². The van der Waals surface area contributed by atoms with E-state index < -0.39 is 0 Å². The van der Waals surface area contributed by atoms with E-state index in [9.17, 15) is 9.59 Å². The zero-order chi connectivity index (χ0) is 17.8. The highest BCUT2D eigenvalue weighted by molar-refractivity contribution is 9.10. The summed E-state index contributed by atoms with van der Waals surface area (Å²) in [5, 5.41) is 10.0. The molecule has 2 aliphatic rings. The van der Waals surface area contributed by atoms with E-state index in [-0.39, 0.29) is 23.6 Å². The lowest BCUT2D eigenvalue weighted by Gasteiger charge is -2.26. The minimum atomic E-state index is -0.315. The molecule has 0 spiro atoms. The third kappa shape index (κ3) is 4.62. The maximum atomic E-state index is 12.2. The molecule has 0 radical (unpaired) electrons. The second kappa shape index (κ2) is 8.03. The predicted molar refractivity (Wildman–Crippen MR) is 98.5 cm³/mol. The SMILES string of the molecule is N=C1NC(=O)/C(=C/c2cc(Br)ccc2OCC(=O)N2CCOCC2)S1. The summed E-state index contributed by atoms with van der Waals surface area (Å²) in [5.74, 6) is 0.0917. The van der Waals surface area contributed by atoms with Crippen LogP contribution in [0.4, 0.5) is 0 Å². The number of halogens is 1. The molecule has 2 N–H and O–H groups in total. The van der Waals surface area contributed by atoms with Crippen LogP contribution >= 0.6 is 27.7 Å². The van der Waals surface area contributed by atoms with Gasteiger partial charge in [-0.3, -0.25) is 15.0 Å². The second-order valence-corrected chi connectivity index (χ2v) is 7.33. The van der Waals surface area contributed by atoms with Gasteiger partial charge in [-0.15, -0.1) is 0 Å². The molecule has 7 nitrogen and oxygen atoms in total. The Labute approximate surface area is 157 Å². The zero-order valence-electron chi connectivity index (χ0n) is 13.2. The number of carbonyl (C=O) groups is 2. The fraction of sp³-hybridized carbons (Fsp3) is 0.312. The summed E-state index contributed by atoms with van der Waals surface area (Å²) in [6.45, 7) is 2.14. The summed E-state index contributed by atoms with van der Waals surface area (Å²) < 4.78 is 11.7. The van der Waals surface area contributed by atoms with Gasteiger partial charge in [0.05, 0.1) is 18.1 Å². The van der Waals surface area contributed by atoms with Crippen LogP contribution in [0.1, 0.15) is 5.56 Å². The van der Waals surface area contributed by atoms with E-state index in [2.05, 4.69) is 21.2 Å². The lowest BCUT2D eigenvalue weighted by molar-refractivity contribution is -0.137. The summed E-state index contributed by atoms with van der Waals surface area (Å²) in [6, 6.07) is 5.35. The summed E-state index contributed by atoms with van der Waals surface area (Å²) in [6.07, 6.45) is 1.65. The number of rotatable bonds is 4. The zero-order valence-corrected chi connectivity index (χ0v) is 15.6. The van der Waals surface area contributed by atoms with Gasteiger partial charge >= 0.3 is 0 Å². The molecule has 1 aromatic carbocycles. The number of thioether (sulfide) groups is 1. The Bertz CT molecular complexity index is 747. The molecular weight excluding hydrogens is 410 g/mol. The Morgan fingerprint density at radius 2 is 2.20 bits per heavy atom.